The maximum atomic E-state index is 16.1. The molecular formula is C25H31F2N2O9P. The molecule has 1 unspecified atom stereocenters. The molecule has 2 aromatic rings. The van der Waals surface area contributed by atoms with Crippen LogP contribution in [0.5, 0.6) is 5.75 Å². The Kier molecular flexibility index (Phi) is 6.31. The van der Waals surface area contributed by atoms with E-state index in [1.54, 1.807) is 46.5 Å². The van der Waals surface area contributed by atoms with Crippen LogP contribution >= 0.6 is 7.82 Å². The Morgan fingerprint density at radius 1 is 1.31 bits per heavy atom. The number of nitrogens with one attached hydrogen (secondary N) is 1. The first kappa shape index (κ1) is 25.3. The first-order valence-electron chi connectivity index (χ1n) is 13.4. The molecule has 1 aromatic heterocycles. The largest absolute Gasteiger partial charge is 0.530 e. The van der Waals surface area contributed by atoms with Gasteiger partial charge in [0.1, 0.15) is 24.2 Å². The highest BCUT2D eigenvalue weighted by atomic mass is 31.2. The molecule has 0 spiro atoms. The third-order valence-corrected chi connectivity index (χ3v) is 7.31. The van der Waals surface area contributed by atoms with Gasteiger partial charge in [0, 0.05) is 18.2 Å². The lowest BCUT2D eigenvalue weighted by Crippen LogP contribution is -2.37. The highest BCUT2D eigenvalue weighted by molar-refractivity contribution is 7.49. The van der Waals surface area contributed by atoms with Gasteiger partial charge in [0.15, 0.2) is 12.5 Å². The quantitative estimate of drug-likeness (QED) is 0.402. The average Bonchev–Trinajstić information content (AvgIpc) is 3.07. The third kappa shape index (κ3) is 5.64. The van der Waals surface area contributed by atoms with Crippen LogP contribution in [0.25, 0.3) is 0 Å². The number of aromatic amines is 1. The molecular weight excluding hydrogens is 541 g/mol. The van der Waals surface area contributed by atoms with Gasteiger partial charge in [0.2, 0.25) is 5.85 Å². The number of aldehydes is 1. The van der Waals surface area contributed by atoms with Crippen LogP contribution in [-0.2, 0) is 35.8 Å². The van der Waals surface area contributed by atoms with Gasteiger partial charge in [-0.1, -0.05) is 41.5 Å². The van der Waals surface area contributed by atoms with Crippen molar-refractivity contribution >= 4 is 14.1 Å². The van der Waals surface area contributed by atoms with E-state index in [4.69, 9.17) is 22.4 Å². The van der Waals surface area contributed by atoms with E-state index in [1.165, 1.54) is 6.07 Å². The number of phosphoric ester groups is 1. The van der Waals surface area contributed by atoms with Crippen molar-refractivity contribution in [2.24, 2.45) is 0 Å². The maximum Gasteiger partial charge on any atom is 0.530 e. The third-order valence-electron chi connectivity index (χ3n) is 6.15. The number of hydrogen-bond acceptors (Lipinski definition) is 9. The zero-order valence-corrected chi connectivity index (χ0v) is 23.0. The molecule has 39 heavy (non-hydrogen) atoms. The fraction of sp³-hybridized carbons (Fsp3) is 0.560. The number of aromatic nitrogens is 2. The molecule has 14 heteroatoms. The summed E-state index contributed by atoms with van der Waals surface area (Å²) in [5.74, 6) is -4.68. The minimum atomic E-state index is -5.06. The summed E-state index contributed by atoms with van der Waals surface area (Å²) < 4.78 is 90.7. The molecule has 2 aliphatic rings. The van der Waals surface area contributed by atoms with Crippen LogP contribution in [0.2, 0.25) is 0 Å². The number of hydrogen-bond donors (Lipinski definition) is 2. The molecule has 0 aliphatic carbocycles. The molecule has 1 aromatic carbocycles. The number of rotatable bonds is 5. The van der Waals surface area contributed by atoms with Crippen LogP contribution in [0.15, 0.2) is 21.9 Å². The van der Waals surface area contributed by atoms with Gasteiger partial charge >= 0.3 is 13.5 Å². The topological polar surface area (TPSA) is 146 Å². The van der Waals surface area contributed by atoms with E-state index in [-0.39, 0.29) is 22.2 Å². The summed E-state index contributed by atoms with van der Waals surface area (Å²) in [6.45, 7) is 6.27. The SMILES string of the molecule is [2H]C([2H])(OP1(=O)OCc2c(F)c(C(C)(C)C)cc(C(C)(C)C)c2O1)[C@]1(F)C[C@@H](O)[C@]([2H])(n2cc(C=O)c(=O)[nH]c2=O)O1. The molecule has 0 radical (unpaired) electrons. The number of fused-ring (bicyclic) bond motifs is 1. The fourth-order valence-electron chi connectivity index (χ4n) is 4.10. The Bertz CT molecular complexity index is 1620. The monoisotopic (exact) mass is 575 g/mol. The summed E-state index contributed by atoms with van der Waals surface area (Å²) in [6, 6.07) is 1.54. The smallest absolute Gasteiger partial charge is 0.403 e. The Morgan fingerprint density at radius 2 is 1.95 bits per heavy atom. The predicted octanol–water partition coefficient (Wildman–Crippen LogP) is 3.76. The molecule has 2 N–H and O–H groups in total. The molecule has 4 atom stereocenters. The van der Waals surface area contributed by atoms with E-state index in [0.29, 0.717) is 17.3 Å². The number of aliphatic hydroxyl groups is 1. The number of benzene rings is 1. The van der Waals surface area contributed by atoms with Crippen molar-refractivity contribution < 1.29 is 45.7 Å². The van der Waals surface area contributed by atoms with E-state index >= 15 is 8.78 Å². The van der Waals surface area contributed by atoms with Gasteiger partial charge in [-0.2, -0.15) is 0 Å². The van der Waals surface area contributed by atoms with Crippen LogP contribution in [0.4, 0.5) is 8.78 Å². The van der Waals surface area contributed by atoms with Gasteiger partial charge in [-0.25, -0.2) is 18.1 Å². The zero-order chi connectivity index (χ0) is 31.8. The Hall–Kier alpha value is -2.70. The Balaban J connectivity index is 1.71. The lowest BCUT2D eigenvalue weighted by Gasteiger charge is -2.34. The molecule has 0 saturated carbocycles. The summed E-state index contributed by atoms with van der Waals surface area (Å²) >= 11 is 0. The van der Waals surface area contributed by atoms with Gasteiger partial charge in [-0.3, -0.25) is 28.2 Å². The summed E-state index contributed by atoms with van der Waals surface area (Å²) in [4.78, 5) is 36.9. The van der Waals surface area contributed by atoms with Gasteiger partial charge in [-0.05, 0) is 22.5 Å². The van der Waals surface area contributed by atoms with Crippen molar-refractivity contribution in [2.45, 2.75) is 83.6 Å². The lowest BCUT2D eigenvalue weighted by atomic mass is 9.78. The van der Waals surface area contributed by atoms with Crippen molar-refractivity contribution in [1.29, 1.82) is 0 Å². The molecule has 1 saturated heterocycles. The second-order valence-electron chi connectivity index (χ2n) is 11.3. The predicted molar refractivity (Wildman–Crippen MR) is 134 cm³/mol. The number of alkyl halides is 1. The van der Waals surface area contributed by atoms with Crippen molar-refractivity contribution in [3.05, 3.63) is 61.2 Å². The molecule has 11 nitrogen and oxygen atoms in total. The van der Waals surface area contributed by atoms with Crippen LogP contribution in [0.1, 0.15) is 85.3 Å². The number of phosphoric acid groups is 1. The van der Waals surface area contributed by atoms with Gasteiger partial charge in [-0.15, -0.1) is 0 Å². The van der Waals surface area contributed by atoms with E-state index in [1.807, 2.05) is 0 Å². The van der Waals surface area contributed by atoms with Crippen LogP contribution in [0.3, 0.4) is 0 Å². The maximum absolute atomic E-state index is 16.1. The Morgan fingerprint density at radius 3 is 2.54 bits per heavy atom. The van der Waals surface area contributed by atoms with E-state index < -0.39 is 79.0 Å². The molecule has 3 heterocycles. The molecule has 214 valence electrons. The lowest BCUT2D eigenvalue weighted by molar-refractivity contribution is -0.179. The van der Waals surface area contributed by atoms with Crippen molar-refractivity contribution in [3.8, 4) is 5.75 Å². The molecule has 0 amide bonds. The molecule has 2 aliphatic heterocycles. The molecule has 4 rings (SSSR count). The second-order valence-corrected chi connectivity index (χ2v) is 12.8. The van der Waals surface area contributed by atoms with E-state index in [0.717, 1.165) is 0 Å². The van der Waals surface area contributed by atoms with Crippen molar-refractivity contribution in [1.82, 2.24) is 9.55 Å². The fourth-order valence-corrected chi connectivity index (χ4v) is 5.21. The summed E-state index contributed by atoms with van der Waals surface area (Å²) in [7, 11) is -5.06. The summed E-state index contributed by atoms with van der Waals surface area (Å²) in [5.41, 5.74) is -3.89. The van der Waals surface area contributed by atoms with E-state index in [9.17, 15) is 24.1 Å². The number of carbonyl (C=O) groups is 1. The standard InChI is InChI=1S/C25H31F2N2O9P/c1-23(2,3)15-7-16(24(4,5)6)19-14(18(15)26)11-35-39(34,38-19)36-12-25(27)8-17(31)21(37-25)29-9-13(10-30)20(32)28-22(29)33/h7,9-10,17,21,31H,8,11-12H2,1-6H3,(H,28,32,33)/t17-,21-,25+,39?/m1/s1/i12D2,21D. The van der Waals surface area contributed by atoms with Gasteiger partial charge in [0.05, 0.1) is 21.8 Å². The first-order valence-corrected chi connectivity index (χ1v) is 13.3. The highest BCUT2D eigenvalue weighted by Gasteiger charge is 2.51. The minimum Gasteiger partial charge on any atom is -0.403 e. The number of H-pyrrole nitrogens is 1. The summed E-state index contributed by atoms with van der Waals surface area (Å²) in [5, 5.41) is 10.5. The normalized spacial score (nSPS) is 30.6. The van der Waals surface area contributed by atoms with Gasteiger partial charge in [0.25, 0.3) is 5.56 Å². The Labute approximate surface area is 226 Å². The van der Waals surface area contributed by atoms with Crippen LogP contribution < -0.4 is 15.8 Å². The highest BCUT2D eigenvalue weighted by Crippen LogP contribution is 2.58. The first-order chi connectivity index (χ1) is 19.0. The second kappa shape index (κ2) is 9.74. The number of aliphatic hydroxyl groups excluding tert-OH is 1. The number of nitrogens with zero attached hydrogens (tertiary/aromatic N) is 1. The average molecular weight is 576 g/mol. The number of halogens is 2. The number of ether oxygens (including phenoxy) is 1. The van der Waals surface area contributed by atoms with E-state index in [2.05, 4.69) is 0 Å². The van der Waals surface area contributed by atoms with Gasteiger partial charge < -0.3 is 14.4 Å². The van der Waals surface area contributed by atoms with Crippen molar-refractivity contribution in [2.75, 3.05) is 6.56 Å². The molecule has 1 fully saturated rings. The van der Waals surface area contributed by atoms with Crippen LogP contribution in [-0.4, -0.2) is 39.5 Å². The summed E-state index contributed by atoms with van der Waals surface area (Å²) in [6.07, 6.45) is -6.14. The van der Waals surface area contributed by atoms with Crippen molar-refractivity contribution in [3.63, 3.8) is 0 Å². The minimum absolute atomic E-state index is 0.0327. The molecule has 0 bridgehead atoms. The number of carbonyl (C=O) groups excluding carboxylic acids is 1. The van der Waals surface area contributed by atoms with Crippen LogP contribution in [0, 0.1) is 5.82 Å². The zero-order valence-electron chi connectivity index (χ0n) is 25.1.